The molecule has 0 aliphatic rings. The van der Waals surface area contributed by atoms with Crippen molar-refractivity contribution in [2.75, 3.05) is 7.11 Å². The first-order chi connectivity index (χ1) is 13.7. The maximum absolute atomic E-state index is 6.16. The quantitative estimate of drug-likeness (QED) is 0.442. The van der Waals surface area contributed by atoms with Gasteiger partial charge in [-0.15, -0.1) is 0 Å². The summed E-state index contributed by atoms with van der Waals surface area (Å²) < 4.78 is 7.74. The lowest BCUT2D eigenvalue weighted by Gasteiger charge is -2.09. The Kier molecular flexibility index (Phi) is 5.65. The summed E-state index contributed by atoms with van der Waals surface area (Å²) in [6.45, 7) is 2.35. The molecular formula is C24H23ClN2O. The molecule has 28 heavy (non-hydrogen) atoms. The maximum atomic E-state index is 6.16. The van der Waals surface area contributed by atoms with Crippen LogP contribution in [-0.2, 0) is 19.6 Å². The number of rotatable bonds is 7. The Hall–Kier alpha value is -2.75. The Morgan fingerprint density at radius 2 is 1.68 bits per heavy atom. The Morgan fingerprint density at radius 3 is 2.54 bits per heavy atom. The lowest BCUT2D eigenvalue weighted by atomic mass is 10.1. The predicted octanol–water partition coefficient (Wildman–Crippen LogP) is 5.64. The fourth-order valence-corrected chi connectivity index (χ4v) is 3.82. The van der Waals surface area contributed by atoms with Gasteiger partial charge in [0, 0.05) is 47.3 Å². The maximum Gasteiger partial charge on any atom is 0.123 e. The molecule has 0 aliphatic carbocycles. The highest BCUT2D eigenvalue weighted by Gasteiger charge is 2.09. The van der Waals surface area contributed by atoms with Gasteiger partial charge >= 0.3 is 0 Å². The molecule has 0 amide bonds. The smallest absolute Gasteiger partial charge is 0.123 e. The van der Waals surface area contributed by atoms with Gasteiger partial charge in [0.1, 0.15) is 5.75 Å². The highest BCUT2D eigenvalue weighted by atomic mass is 35.5. The van der Waals surface area contributed by atoms with E-state index in [9.17, 15) is 0 Å². The Balaban J connectivity index is 1.54. The molecule has 142 valence electrons. The summed E-state index contributed by atoms with van der Waals surface area (Å²) in [7, 11) is 1.71. The topological polar surface area (TPSA) is 26.2 Å². The molecule has 0 spiro atoms. The molecule has 0 bridgehead atoms. The molecule has 0 aliphatic heterocycles. The van der Waals surface area contributed by atoms with Gasteiger partial charge in [-0.3, -0.25) is 0 Å². The summed E-state index contributed by atoms with van der Waals surface area (Å²) in [4.78, 5) is 0. The number of aromatic nitrogens is 1. The van der Waals surface area contributed by atoms with Crippen LogP contribution in [0.25, 0.3) is 10.9 Å². The van der Waals surface area contributed by atoms with E-state index in [4.69, 9.17) is 16.3 Å². The van der Waals surface area contributed by atoms with E-state index in [0.29, 0.717) is 0 Å². The molecule has 0 unspecified atom stereocenters. The molecule has 0 saturated heterocycles. The fraction of sp³-hybridized carbons (Fsp3) is 0.167. The van der Waals surface area contributed by atoms with Crippen LogP contribution in [0.1, 0.15) is 16.7 Å². The summed E-state index contributed by atoms with van der Waals surface area (Å²) in [5.74, 6) is 0.915. The van der Waals surface area contributed by atoms with Gasteiger partial charge in [0.2, 0.25) is 0 Å². The van der Waals surface area contributed by atoms with E-state index >= 15 is 0 Å². The zero-order chi connectivity index (χ0) is 19.3. The van der Waals surface area contributed by atoms with Gasteiger partial charge in [0.05, 0.1) is 7.11 Å². The standard InChI is InChI=1S/C24H23ClN2O/c1-28-24-12-5-2-8-19(24)14-26-15-20-17-27(23-11-4-3-10-22(20)23)16-18-7-6-9-21(25)13-18/h2-13,17,26H,14-16H2,1H3. The second-order valence-corrected chi connectivity index (χ2v) is 7.28. The van der Waals surface area contributed by atoms with Crippen LogP contribution in [0.3, 0.4) is 0 Å². The van der Waals surface area contributed by atoms with E-state index in [-0.39, 0.29) is 0 Å². The summed E-state index contributed by atoms with van der Waals surface area (Å²) >= 11 is 6.16. The number of methoxy groups -OCH3 is 1. The number of hydrogen-bond acceptors (Lipinski definition) is 2. The van der Waals surface area contributed by atoms with E-state index in [1.54, 1.807) is 7.11 Å². The lowest BCUT2D eigenvalue weighted by Crippen LogP contribution is -2.13. The molecule has 0 radical (unpaired) electrons. The highest BCUT2D eigenvalue weighted by Crippen LogP contribution is 2.24. The Labute approximate surface area is 170 Å². The van der Waals surface area contributed by atoms with Crippen molar-refractivity contribution in [3.05, 3.63) is 101 Å². The Bertz CT molecular complexity index is 1090. The zero-order valence-corrected chi connectivity index (χ0v) is 16.6. The molecule has 3 aromatic carbocycles. The number of ether oxygens (including phenoxy) is 1. The molecular weight excluding hydrogens is 368 g/mol. The minimum atomic E-state index is 0.762. The lowest BCUT2D eigenvalue weighted by molar-refractivity contribution is 0.407. The first-order valence-corrected chi connectivity index (χ1v) is 9.76. The number of para-hydroxylation sites is 2. The van der Waals surface area contributed by atoms with Gasteiger partial charge in [-0.25, -0.2) is 0 Å². The average molecular weight is 391 g/mol. The Morgan fingerprint density at radius 1 is 0.893 bits per heavy atom. The van der Waals surface area contributed by atoms with Crippen molar-refractivity contribution in [1.82, 2.24) is 9.88 Å². The van der Waals surface area contributed by atoms with Gasteiger partial charge in [0.15, 0.2) is 0 Å². The van der Waals surface area contributed by atoms with Gasteiger partial charge in [-0.05, 0) is 35.4 Å². The number of benzene rings is 3. The van der Waals surface area contributed by atoms with Crippen molar-refractivity contribution in [2.24, 2.45) is 0 Å². The van der Waals surface area contributed by atoms with Crippen molar-refractivity contribution in [1.29, 1.82) is 0 Å². The SMILES string of the molecule is COc1ccccc1CNCc1cn(Cc2cccc(Cl)c2)c2ccccc12. The van der Waals surface area contributed by atoms with Crippen LogP contribution in [0.15, 0.2) is 79.0 Å². The number of nitrogens with one attached hydrogen (secondary N) is 1. The first kappa shape index (κ1) is 18.6. The molecule has 3 nitrogen and oxygen atoms in total. The van der Waals surface area contributed by atoms with Gasteiger partial charge in [-0.2, -0.15) is 0 Å². The van der Waals surface area contributed by atoms with Crippen molar-refractivity contribution in [2.45, 2.75) is 19.6 Å². The predicted molar refractivity (Wildman–Crippen MR) is 116 cm³/mol. The molecule has 0 saturated carbocycles. The summed E-state index contributed by atoms with van der Waals surface area (Å²) in [5, 5.41) is 5.60. The number of fused-ring (bicyclic) bond motifs is 1. The fourth-order valence-electron chi connectivity index (χ4n) is 3.61. The summed E-state index contributed by atoms with van der Waals surface area (Å²) in [6.07, 6.45) is 2.24. The molecule has 1 aromatic heterocycles. The normalized spacial score (nSPS) is 11.1. The first-order valence-electron chi connectivity index (χ1n) is 9.38. The van der Waals surface area contributed by atoms with Crippen LogP contribution >= 0.6 is 11.6 Å². The average Bonchev–Trinajstić information content (AvgIpc) is 3.06. The van der Waals surface area contributed by atoms with E-state index in [1.165, 1.54) is 22.0 Å². The van der Waals surface area contributed by atoms with E-state index in [2.05, 4.69) is 52.5 Å². The molecule has 0 fully saturated rings. The van der Waals surface area contributed by atoms with Crippen molar-refractivity contribution in [3.63, 3.8) is 0 Å². The number of hydrogen-bond donors (Lipinski definition) is 1. The minimum absolute atomic E-state index is 0.762. The molecule has 4 heteroatoms. The third kappa shape index (κ3) is 4.06. The van der Waals surface area contributed by atoms with Crippen LogP contribution in [0.5, 0.6) is 5.75 Å². The zero-order valence-electron chi connectivity index (χ0n) is 15.9. The second kappa shape index (κ2) is 8.51. The molecule has 1 N–H and O–H groups in total. The summed E-state index contributed by atoms with van der Waals surface area (Å²) in [6, 6.07) is 24.7. The van der Waals surface area contributed by atoms with Crippen LogP contribution < -0.4 is 10.1 Å². The monoisotopic (exact) mass is 390 g/mol. The van der Waals surface area contributed by atoms with Crippen molar-refractivity contribution in [3.8, 4) is 5.75 Å². The molecule has 4 rings (SSSR count). The van der Waals surface area contributed by atoms with Crippen LogP contribution in [-0.4, -0.2) is 11.7 Å². The van der Waals surface area contributed by atoms with Gasteiger partial charge in [0.25, 0.3) is 0 Å². The largest absolute Gasteiger partial charge is 0.496 e. The molecule has 0 atom stereocenters. The van der Waals surface area contributed by atoms with Gasteiger partial charge < -0.3 is 14.6 Å². The number of halogens is 1. The van der Waals surface area contributed by atoms with E-state index < -0.39 is 0 Å². The van der Waals surface area contributed by atoms with Crippen LogP contribution in [0, 0.1) is 0 Å². The van der Waals surface area contributed by atoms with E-state index in [0.717, 1.165) is 36.0 Å². The van der Waals surface area contributed by atoms with Crippen LogP contribution in [0.2, 0.25) is 5.02 Å². The molecule has 4 aromatic rings. The third-order valence-corrected chi connectivity index (χ3v) is 5.17. The second-order valence-electron chi connectivity index (χ2n) is 6.84. The van der Waals surface area contributed by atoms with Crippen molar-refractivity contribution < 1.29 is 4.74 Å². The van der Waals surface area contributed by atoms with Crippen molar-refractivity contribution >= 4 is 22.5 Å². The van der Waals surface area contributed by atoms with Gasteiger partial charge in [-0.1, -0.05) is 60.1 Å². The van der Waals surface area contributed by atoms with E-state index in [1.807, 2.05) is 36.4 Å². The van der Waals surface area contributed by atoms with Crippen LogP contribution in [0.4, 0.5) is 0 Å². The minimum Gasteiger partial charge on any atom is -0.496 e. The molecule has 1 heterocycles. The number of nitrogens with zero attached hydrogens (tertiary/aromatic N) is 1. The third-order valence-electron chi connectivity index (χ3n) is 4.94. The highest BCUT2D eigenvalue weighted by molar-refractivity contribution is 6.30. The summed E-state index contributed by atoms with van der Waals surface area (Å²) in [5.41, 5.74) is 4.87.